The van der Waals surface area contributed by atoms with E-state index in [-0.39, 0.29) is 11.0 Å². The molecule has 4 heteroatoms. The second-order valence-electron chi connectivity index (χ2n) is 19.0. The first-order chi connectivity index (χ1) is 26.5. The summed E-state index contributed by atoms with van der Waals surface area (Å²) in [6.45, 7) is 25.8. The smallest absolute Gasteiger partial charge is 0.195 e. The molecule has 0 aliphatic carbocycles. The summed E-state index contributed by atoms with van der Waals surface area (Å²) in [4.78, 5) is 0. The van der Waals surface area contributed by atoms with Crippen LogP contribution < -0.4 is 0 Å². The Kier molecular flexibility index (Phi) is 20.1. The Bertz CT molecular complexity index is 1430. The van der Waals surface area contributed by atoms with Gasteiger partial charge in [-0.1, -0.05) is 197 Å². The lowest BCUT2D eigenvalue weighted by atomic mass is 9.80. The third kappa shape index (κ3) is 15.5. The van der Waals surface area contributed by atoms with Crippen molar-refractivity contribution in [3.8, 4) is 0 Å². The predicted octanol–water partition coefficient (Wildman–Crippen LogP) is 14.8. The van der Waals surface area contributed by atoms with E-state index in [4.69, 9.17) is 9.16 Å². The molecule has 0 fully saturated rings. The number of rotatable bonds is 25. The molecule has 0 radical (unpaired) electrons. The molecule has 7 atom stereocenters. The number of hydrogen-bond donors (Lipinski definition) is 1. The summed E-state index contributed by atoms with van der Waals surface area (Å²) in [7, 11) is -1.96. The molecule has 1 N–H and O–H groups in total. The van der Waals surface area contributed by atoms with Gasteiger partial charge in [0.05, 0.1) is 6.61 Å². The van der Waals surface area contributed by atoms with Gasteiger partial charge in [0.1, 0.15) is 11.9 Å². The molecule has 56 heavy (non-hydrogen) atoms. The molecule has 3 aromatic rings. The van der Waals surface area contributed by atoms with Gasteiger partial charge in [0.25, 0.3) is 0 Å². The maximum absolute atomic E-state index is 10.8. The minimum atomic E-state index is -1.96. The van der Waals surface area contributed by atoms with Crippen molar-refractivity contribution < 1.29 is 14.3 Å². The molecule has 0 bridgehead atoms. The molecule has 0 aliphatic rings. The van der Waals surface area contributed by atoms with Gasteiger partial charge in [0.2, 0.25) is 0 Å². The van der Waals surface area contributed by atoms with Crippen molar-refractivity contribution in [3.05, 3.63) is 132 Å². The summed E-state index contributed by atoms with van der Waals surface area (Å²) < 4.78 is 13.2. The van der Waals surface area contributed by atoms with E-state index in [1.54, 1.807) is 0 Å². The predicted molar refractivity (Wildman–Crippen MR) is 244 cm³/mol. The molecule has 0 amide bonds. The maximum atomic E-state index is 10.8. The van der Waals surface area contributed by atoms with Gasteiger partial charge in [0.15, 0.2) is 8.32 Å². The Morgan fingerprint density at radius 1 is 0.589 bits per heavy atom. The minimum Gasteiger partial charge on any atom is -0.392 e. The number of ether oxygens (including phenoxy) is 1. The molecule has 3 rings (SSSR count). The van der Waals surface area contributed by atoms with Crippen LogP contribution in [-0.4, -0.2) is 26.3 Å². The summed E-state index contributed by atoms with van der Waals surface area (Å²) in [6.07, 6.45) is 19.7. The lowest BCUT2D eigenvalue weighted by molar-refractivity contribution is -0.0724. The largest absolute Gasteiger partial charge is 0.392 e. The highest BCUT2D eigenvalue weighted by molar-refractivity contribution is 6.74. The fraction of sp³-hybridized carbons (Fsp3) is 0.577. The fourth-order valence-electron chi connectivity index (χ4n) is 8.10. The number of unbranched alkanes of at least 4 members (excludes halogenated alkanes) is 1. The molecular weight excluding hydrogens is 701 g/mol. The zero-order valence-corrected chi connectivity index (χ0v) is 38.3. The highest BCUT2D eigenvalue weighted by Gasteiger charge is 2.40. The molecule has 0 saturated carbocycles. The quantitative estimate of drug-likeness (QED) is 0.0306. The molecule has 6 unspecified atom stereocenters. The normalized spacial score (nSPS) is 16.8. The van der Waals surface area contributed by atoms with Gasteiger partial charge in [-0.3, -0.25) is 0 Å². The number of aliphatic hydroxyl groups excluding tert-OH is 1. The topological polar surface area (TPSA) is 38.7 Å². The van der Waals surface area contributed by atoms with E-state index in [1.165, 1.54) is 44.9 Å². The average Bonchev–Trinajstić information content (AvgIpc) is 3.15. The van der Waals surface area contributed by atoms with E-state index < -0.39 is 20.2 Å². The SMILES string of the molecule is CC(C=CCOC(c1ccccc1)(c1ccccc1)c1ccccc1)CCCC=CC(C)CC(C)CC(C)CCCC(C)CC(C)[C@@H](O)O[Si](C)(C)C(C)(C)C. The van der Waals surface area contributed by atoms with E-state index in [0.717, 1.165) is 41.4 Å². The van der Waals surface area contributed by atoms with Crippen LogP contribution in [-0.2, 0) is 14.8 Å². The van der Waals surface area contributed by atoms with Gasteiger partial charge in [-0.2, -0.15) is 0 Å². The summed E-state index contributed by atoms with van der Waals surface area (Å²) in [6, 6.07) is 31.8. The zero-order chi connectivity index (χ0) is 41.2. The van der Waals surface area contributed by atoms with Crippen molar-refractivity contribution in [2.75, 3.05) is 6.61 Å². The van der Waals surface area contributed by atoms with Crippen LogP contribution in [0.15, 0.2) is 115 Å². The fourth-order valence-corrected chi connectivity index (χ4v) is 9.29. The standard InChI is InChI=1S/C52H80O3Si/c1-41(30-25-37-54-52(47-31-18-13-19-32-47,48-33-20-14-21-34-48)49-35-22-15-23-36-49)26-16-12-17-27-42(2)38-45(5)39-43(3)28-24-29-44(4)40-46(6)50(53)55-56(10,11)51(7,8)9/h13-15,17-23,25,27,30-36,41-46,50,53H,12,16,24,26,28-29,37-40H2,1-11H3/t41?,42?,43?,44?,45?,46?,50-/m0/s1. The summed E-state index contributed by atoms with van der Waals surface area (Å²) >= 11 is 0. The monoisotopic (exact) mass is 781 g/mol. The van der Waals surface area contributed by atoms with Gasteiger partial charge in [-0.25, -0.2) is 0 Å². The molecule has 0 aromatic heterocycles. The molecule has 310 valence electrons. The van der Waals surface area contributed by atoms with E-state index in [9.17, 15) is 5.11 Å². The molecule has 0 spiro atoms. The molecule has 3 aromatic carbocycles. The van der Waals surface area contributed by atoms with Crippen LogP contribution in [0.25, 0.3) is 0 Å². The Morgan fingerprint density at radius 2 is 1.07 bits per heavy atom. The van der Waals surface area contributed by atoms with E-state index in [0.29, 0.717) is 24.4 Å². The van der Waals surface area contributed by atoms with Crippen LogP contribution in [0.5, 0.6) is 0 Å². The van der Waals surface area contributed by atoms with Crippen molar-refractivity contribution in [2.24, 2.45) is 35.5 Å². The molecule has 0 saturated heterocycles. The second kappa shape index (κ2) is 23.6. The van der Waals surface area contributed by atoms with Crippen molar-refractivity contribution in [1.82, 2.24) is 0 Å². The Hall–Kier alpha value is -2.76. The minimum absolute atomic E-state index is 0.112. The molecular formula is C52H80O3Si. The van der Waals surface area contributed by atoms with E-state index in [2.05, 4.69) is 191 Å². The maximum Gasteiger partial charge on any atom is 0.195 e. The third-order valence-electron chi connectivity index (χ3n) is 12.4. The van der Waals surface area contributed by atoms with Crippen LogP contribution in [0.4, 0.5) is 0 Å². The van der Waals surface area contributed by atoms with Crippen molar-refractivity contribution in [3.63, 3.8) is 0 Å². The zero-order valence-electron chi connectivity index (χ0n) is 37.3. The number of allylic oxidation sites excluding steroid dienone is 3. The highest BCUT2D eigenvalue weighted by atomic mass is 28.4. The number of aliphatic hydroxyl groups is 1. The Labute approximate surface area is 345 Å². The van der Waals surface area contributed by atoms with E-state index >= 15 is 0 Å². The van der Waals surface area contributed by atoms with Crippen molar-refractivity contribution >= 4 is 8.32 Å². The number of hydrogen-bond acceptors (Lipinski definition) is 3. The Morgan fingerprint density at radius 3 is 1.57 bits per heavy atom. The molecule has 3 nitrogen and oxygen atoms in total. The van der Waals surface area contributed by atoms with Crippen LogP contribution in [0.1, 0.15) is 137 Å². The van der Waals surface area contributed by atoms with Gasteiger partial charge < -0.3 is 14.3 Å². The first kappa shape index (κ1) is 47.6. The van der Waals surface area contributed by atoms with Gasteiger partial charge in [0, 0.05) is 5.92 Å². The summed E-state index contributed by atoms with van der Waals surface area (Å²) in [5.41, 5.74) is 2.72. The van der Waals surface area contributed by atoms with Gasteiger partial charge >= 0.3 is 0 Å². The van der Waals surface area contributed by atoms with Crippen LogP contribution >= 0.6 is 0 Å². The van der Waals surface area contributed by atoms with Gasteiger partial charge in [-0.05, 0) is 103 Å². The summed E-state index contributed by atoms with van der Waals surface area (Å²) in [5.74, 6) is 3.39. The second-order valence-corrected chi connectivity index (χ2v) is 23.8. The van der Waals surface area contributed by atoms with Crippen LogP contribution in [0, 0.1) is 35.5 Å². The van der Waals surface area contributed by atoms with Crippen molar-refractivity contribution in [1.29, 1.82) is 0 Å². The lowest BCUT2D eigenvalue weighted by Crippen LogP contribution is -2.45. The summed E-state index contributed by atoms with van der Waals surface area (Å²) in [5, 5.41) is 10.9. The first-order valence-electron chi connectivity index (χ1n) is 22.0. The first-order valence-corrected chi connectivity index (χ1v) is 25.0. The van der Waals surface area contributed by atoms with Crippen LogP contribution in [0.3, 0.4) is 0 Å². The number of benzene rings is 3. The van der Waals surface area contributed by atoms with Gasteiger partial charge in [-0.15, -0.1) is 0 Å². The lowest BCUT2D eigenvalue weighted by Gasteiger charge is -2.39. The van der Waals surface area contributed by atoms with Crippen LogP contribution in [0.2, 0.25) is 18.1 Å². The average molecular weight is 781 g/mol. The van der Waals surface area contributed by atoms with E-state index in [1.807, 2.05) is 0 Å². The third-order valence-corrected chi connectivity index (χ3v) is 16.8. The molecule has 0 aliphatic heterocycles. The Balaban J connectivity index is 1.35. The van der Waals surface area contributed by atoms with Crippen molar-refractivity contribution in [2.45, 2.75) is 150 Å². The highest BCUT2D eigenvalue weighted by Crippen LogP contribution is 2.41. The molecule has 0 heterocycles.